The number of aromatic nitrogens is 5. The number of carbonyl (C=O) groups excluding carboxylic acids is 1. The van der Waals surface area contributed by atoms with Crippen LogP contribution >= 0.6 is 0 Å². The van der Waals surface area contributed by atoms with Gasteiger partial charge >= 0.3 is 0 Å². The van der Waals surface area contributed by atoms with Crippen LogP contribution in [0.25, 0.3) is 16.6 Å². The Morgan fingerprint density at radius 2 is 1.80 bits per heavy atom. The van der Waals surface area contributed by atoms with Crippen molar-refractivity contribution in [1.82, 2.24) is 38.9 Å². The third kappa shape index (κ3) is 4.78. The van der Waals surface area contributed by atoms with Crippen LogP contribution in [0.4, 0.5) is 4.39 Å². The molecule has 4 heterocycles. The van der Waals surface area contributed by atoms with Crippen LogP contribution in [-0.4, -0.2) is 93.0 Å². The first kappa shape index (κ1) is 26.5. The third-order valence-corrected chi connectivity index (χ3v) is 9.66. The maximum absolute atomic E-state index is 13.5. The van der Waals surface area contributed by atoms with Gasteiger partial charge in [0.2, 0.25) is 10.9 Å². The molecule has 0 saturated carbocycles. The van der Waals surface area contributed by atoms with E-state index in [4.69, 9.17) is 0 Å². The number of halogens is 1. The van der Waals surface area contributed by atoms with Crippen LogP contribution in [0, 0.1) is 18.7 Å². The van der Waals surface area contributed by atoms with Gasteiger partial charge in [-0.05, 0) is 60.4 Å². The number of amides is 1. The van der Waals surface area contributed by atoms with Gasteiger partial charge in [-0.2, -0.15) is 19.3 Å². The van der Waals surface area contributed by atoms with Gasteiger partial charge in [-0.3, -0.25) is 9.69 Å². The molecule has 2 aliphatic heterocycles. The lowest BCUT2D eigenvalue weighted by Gasteiger charge is -2.42. The smallest absolute Gasteiger partial charge is 0.264 e. The van der Waals surface area contributed by atoms with Crippen molar-refractivity contribution in [2.24, 2.45) is 13.0 Å². The molecule has 0 N–H and O–H groups in total. The molecule has 2 aliphatic rings. The van der Waals surface area contributed by atoms with Crippen molar-refractivity contribution in [3.8, 4) is 5.69 Å². The van der Waals surface area contributed by atoms with Crippen molar-refractivity contribution in [1.29, 1.82) is 0 Å². The first-order chi connectivity index (χ1) is 19.1. The largest absolute Gasteiger partial charge is 0.345 e. The molecule has 210 valence electrons. The normalized spacial score (nSPS) is 21.1. The van der Waals surface area contributed by atoms with E-state index >= 15 is 0 Å². The van der Waals surface area contributed by atoms with Crippen molar-refractivity contribution >= 4 is 26.8 Å². The summed E-state index contributed by atoms with van der Waals surface area (Å²) in [6, 6.07) is 10.1. The van der Waals surface area contributed by atoms with Gasteiger partial charge in [0.05, 0.1) is 23.6 Å². The zero-order valence-corrected chi connectivity index (χ0v) is 23.4. The number of likely N-dealkylation sites (tertiary alicyclic amines) is 1. The molecule has 40 heavy (non-hydrogen) atoms. The number of aryl methyl sites for hydroxylation is 2. The maximum atomic E-state index is 13.5. The van der Waals surface area contributed by atoms with E-state index in [2.05, 4.69) is 26.3 Å². The molecular formula is C27H31FN8O3S. The second-order valence-corrected chi connectivity index (χ2v) is 12.6. The van der Waals surface area contributed by atoms with E-state index in [1.807, 2.05) is 20.0 Å². The number of fused-ring (bicyclic) bond motifs is 1. The molecule has 2 fully saturated rings. The minimum Gasteiger partial charge on any atom is -0.345 e. The molecule has 11 nitrogen and oxygen atoms in total. The highest BCUT2D eigenvalue weighted by Gasteiger charge is 2.39. The predicted octanol–water partition coefficient (Wildman–Crippen LogP) is 2.13. The fourth-order valence-corrected chi connectivity index (χ4v) is 7.18. The molecule has 1 amide bonds. The Balaban J connectivity index is 1.36. The minimum absolute atomic E-state index is 0.0713. The minimum atomic E-state index is -3.84. The highest BCUT2D eigenvalue weighted by Crippen LogP contribution is 2.34. The molecule has 2 aromatic carbocycles. The van der Waals surface area contributed by atoms with Crippen LogP contribution in [0.2, 0.25) is 0 Å². The second kappa shape index (κ2) is 10.1. The molecule has 0 radical (unpaired) electrons. The van der Waals surface area contributed by atoms with Gasteiger partial charge in [-0.15, -0.1) is 5.10 Å². The van der Waals surface area contributed by atoms with E-state index < -0.39 is 10.0 Å². The first-order valence-corrected chi connectivity index (χ1v) is 14.6. The van der Waals surface area contributed by atoms with Gasteiger partial charge < -0.3 is 4.90 Å². The van der Waals surface area contributed by atoms with Crippen molar-refractivity contribution < 1.29 is 17.6 Å². The lowest BCUT2D eigenvalue weighted by Crippen LogP contribution is -2.51. The van der Waals surface area contributed by atoms with Gasteiger partial charge in [0, 0.05) is 64.7 Å². The van der Waals surface area contributed by atoms with E-state index in [-0.39, 0.29) is 35.3 Å². The zero-order valence-electron chi connectivity index (χ0n) is 22.6. The molecule has 0 spiro atoms. The van der Waals surface area contributed by atoms with Crippen LogP contribution in [0.1, 0.15) is 23.6 Å². The molecular weight excluding hydrogens is 535 g/mol. The number of hydrogen-bond acceptors (Lipinski definition) is 7. The number of hydrogen-bond donors (Lipinski definition) is 0. The number of carbonyl (C=O) groups is 1. The molecule has 13 heteroatoms. The summed E-state index contributed by atoms with van der Waals surface area (Å²) in [5.74, 6) is -0.00292. The summed E-state index contributed by atoms with van der Waals surface area (Å²) in [6.07, 6.45) is 3.54. The van der Waals surface area contributed by atoms with E-state index in [0.717, 1.165) is 27.7 Å². The standard InChI is InChI=1S/C27H31FN8O3S/c1-18-10-24-20(13-30-36(24)22-6-4-21(28)5-7-22)12-23(18)25-17-35(40(38,39)26-14-29-33(3)31-26)9-8-34(25)16-19-11-27(37)32(2)15-19/h4-7,10,12-14,19,25H,8-9,11,15-17H2,1-3H3/t19?,25-/m1/s1. The summed E-state index contributed by atoms with van der Waals surface area (Å²) in [4.78, 5) is 17.5. The van der Waals surface area contributed by atoms with E-state index in [1.165, 1.54) is 27.4 Å². The number of benzene rings is 2. The summed E-state index contributed by atoms with van der Waals surface area (Å²) < 4.78 is 43.8. The fraction of sp³-hybridized carbons (Fsp3) is 0.407. The fourth-order valence-electron chi connectivity index (χ4n) is 5.86. The number of piperazine rings is 1. The van der Waals surface area contributed by atoms with E-state index in [1.54, 1.807) is 35.0 Å². The Bertz CT molecular complexity index is 1680. The van der Waals surface area contributed by atoms with Gasteiger partial charge in [-0.25, -0.2) is 17.5 Å². The highest BCUT2D eigenvalue weighted by molar-refractivity contribution is 7.89. The molecule has 1 unspecified atom stereocenters. The molecule has 2 saturated heterocycles. The Labute approximate surface area is 231 Å². The number of rotatable bonds is 6. The van der Waals surface area contributed by atoms with Crippen LogP contribution in [0.3, 0.4) is 0 Å². The van der Waals surface area contributed by atoms with Gasteiger partial charge in [0.1, 0.15) is 5.82 Å². The third-order valence-electron chi connectivity index (χ3n) is 7.94. The Morgan fingerprint density at radius 3 is 2.48 bits per heavy atom. The Morgan fingerprint density at radius 1 is 1.02 bits per heavy atom. The molecule has 2 atom stereocenters. The summed E-state index contributed by atoms with van der Waals surface area (Å²) in [5.41, 5.74) is 3.62. The summed E-state index contributed by atoms with van der Waals surface area (Å²) in [5, 5.41) is 13.4. The molecule has 0 aliphatic carbocycles. The van der Waals surface area contributed by atoms with Crippen LogP contribution < -0.4 is 0 Å². The second-order valence-electron chi connectivity index (χ2n) is 10.7. The van der Waals surface area contributed by atoms with Gasteiger partial charge in [0.25, 0.3) is 10.0 Å². The SMILES string of the molecule is Cc1cc2c(cnn2-c2ccc(F)cc2)cc1[C@H]1CN(S(=O)(=O)c2cnn(C)n2)CCN1CC1CC(=O)N(C)C1. The highest BCUT2D eigenvalue weighted by atomic mass is 32.2. The first-order valence-electron chi connectivity index (χ1n) is 13.2. The number of sulfonamides is 1. The van der Waals surface area contributed by atoms with Crippen molar-refractivity contribution in [2.45, 2.75) is 24.4 Å². The molecule has 4 aromatic rings. The summed E-state index contributed by atoms with van der Waals surface area (Å²) in [7, 11) is -0.429. The molecule has 0 bridgehead atoms. The lowest BCUT2D eigenvalue weighted by molar-refractivity contribution is -0.126. The van der Waals surface area contributed by atoms with Crippen molar-refractivity contribution in [3.05, 3.63) is 65.7 Å². The summed E-state index contributed by atoms with van der Waals surface area (Å²) >= 11 is 0. The van der Waals surface area contributed by atoms with Crippen LogP contribution in [-0.2, 0) is 21.9 Å². The monoisotopic (exact) mass is 566 g/mol. The quantitative estimate of drug-likeness (QED) is 0.352. The van der Waals surface area contributed by atoms with Crippen molar-refractivity contribution in [3.63, 3.8) is 0 Å². The average molecular weight is 567 g/mol. The van der Waals surface area contributed by atoms with Crippen LogP contribution in [0.15, 0.2) is 53.8 Å². The zero-order chi connectivity index (χ0) is 28.2. The Kier molecular flexibility index (Phi) is 6.67. The maximum Gasteiger partial charge on any atom is 0.264 e. The number of nitrogens with zero attached hydrogens (tertiary/aromatic N) is 8. The predicted molar refractivity (Wildman–Crippen MR) is 146 cm³/mol. The topological polar surface area (TPSA) is 109 Å². The lowest BCUT2D eigenvalue weighted by atomic mass is 9.95. The van der Waals surface area contributed by atoms with E-state index in [9.17, 15) is 17.6 Å². The molecule has 6 rings (SSSR count). The summed E-state index contributed by atoms with van der Waals surface area (Å²) in [6.45, 7) is 4.46. The van der Waals surface area contributed by atoms with Crippen molar-refractivity contribution in [2.75, 3.05) is 39.8 Å². The van der Waals surface area contributed by atoms with Gasteiger partial charge in [-0.1, -0.05) is 0 Å². The van der Waals surface area contributed by atoms with Crippen LogP contribution in [0.5, 0.6) is 0 Å². The Hall–Kier alpha value is -3.68. The average Bonchev–Trinajstić information content (AvgIpc) is 3.63. The van der Waals surface area contributed by atoms with E-state index in [0.29, 0.717) is 32.6 Å². The van der Waals surface area contributed by atoms with Gasteiger partial charge in [0.15, 0.2) is 0 Å². The molecule has 2 aromatic heterocycles.